The number of benzene rings is 1. The highest BCUT2D eigenvalue weighted by molar-refractivity contribution is 5.48. The minimum absolute atomic E-state index is 0.00158. The van der Waals surface area contributed by atoms with Gasteiger partial charge in [0.15, 0.2) is 5.75 Å². The molecule has 0 saturated heterocycles. The molecule has 1 aromatic rings. The van der Waals surface area contributed by atoms with Crippen molar-refractivity contribution >= 4 is 5.69 Å². The van der Waals surface area contributed by atoms with Crippen molar-refractivity contribution < 1.29 is 9.66 Å². The normalized spacial score (nSPS) is 12.2. The summed E-state index contributed by atoms with van der Waals surface area (Å²) >= 11 is 0. The first kappa shape index (κ1) is 16.4. The van der Waals surface area contributed by atoms with Crippen molar-refractivity contribution in [2.24, 2.45) is 11.7 Å². The van der Waals surface area contributed by atoms with Crippen molar-refractivity contribution in [1.29, 1.82) is 0 Å². The second kappa shape index (κ2) is 8.53. The molecule has 0 bridgehead atoms. The van der Waals surface area contributed by atoms with Crippen LogP contribution in [0.4, 0.5) is 5.69 Å². The second-order valence-electron chi connectivity index (χ2n) is 4.99. The number of nitrogens with two attached hydrogens (primary N) is 1. The van der Waals surface area contributed by atoms with Gasteiger partial charge in [-0.1, -0.05) is 39.2 Å². The Balaban J connectivity index is 2.73. The fourth-order valence-corrected chi connectivity index (χ4v) is 2.06. The van der Waals surface area contributed by atoms with Crippen LogP contribution in [0.1, 0.15) is 45.1 Å². The fraction of sp³-hybridized carbons (Fsp3) is 0.600. The number of hydrogen-bond donors (Lipinski definition) is 1. The minimum atomic E-state index is -0.415. The third-order valence-electron chi connectivity index (χ3n) is 3.47. The molecular formula is C15H24N2O3. The Morgan fingerprint density at radius 1 is 1.40 bits per heavy atom. The molecule has 0 saturated carbocycles. The molecule has 0 spiro atoms. The van der Waals surface area contributed by atoms with Crippen molar-refractivity contribution in [1.82, 2.24) is 0 Å². The van der Waals surface area contributed by atoms with Crippen LogP contribution in [0.25, 0.3) is 0 Å². The van der Waals surface area contributed by atoms with Crippen LogP contribution in [0, 0.1) is 16.0 Å². The molecule has 0 aliphatic carbocycles. The molecule has 5 heteroatoms. The van der Waals surface area contributed by atoms with Gasteiger partial charge in [0.05, 0.1) is 11.5 Å². The minimum Gasteiger partial charge on any atom is -0.487 e. The Morgan fingerprint density at radius 3 is 2.70 bits per heavy atom. The standard InChI is InChI=1S/C15H24N2O3/c1-3-5-6-12(4-2)11-20-15-8-7-13(10-16)9-14(15)17(18)19/h7-9,12H,3-6,10-11,16H2,1-2H3. The lowest BCUT2D eigenvalue weighted by atomic mass is 10.0. The molecule has 5 nitrogen and oxygen atoms in total. The van der Waals surface area contributed by atoms with E-state index >= 15 is 0 Å². The van der Waals surface area contributed by atoms with E-state index in [2.05, 4.69) is 13.8 Å². The molecule has 0 aliphatic rings. The van der Waals surface area contributed by atoms with Crippen LogP contribution < -0.4 is 10.5 Å². The van der Waals surface area contributed by atoms with Crippen molar-refractivity contribution in [3.63, 3.8) is 0 Å². The molecule has 0 radical (unpaired) electrons. The molecule has 2 N–H and O–H groups in total. The lowest BCUT2D eigenvalue weighted by Gasteiger charge is -2.15. The van der Waals surface area contributed by atoms with Gasteiger partial charge >= 0.3 is 5.69 Å². The first-order chi connectivity index (χ1) is 9.62. The highest BCUT2D eigenvalue weighted by Crippen LogP contribution is 2.29. The van der Waals surface area contributed by atoms with Gasteiger partial charge in [0, 0.05) is 12.6 Å². The molecule has 1 atom stereocenters. The Bertz CT molecular complexity index is 435. The Kier molecular flexibility index (Phi) is 7.01. The number of nitro benzene ring substituents is 1. The van der Waals surface area contributed by atoms with E-state index in [-0.39, 0.29) is 12.2 Å². The zero-order chi connectivity index (χ0) is 15.0. The largest absolute Gasteiger partial charge is 0.487 e. The average molecular weight is 280 g/mol. The molecule has 1 unspecified atom stereocenters. The molecule has 0 heterocycles. The lowest BCUT2D eigenvalue weighted by Crippen LogP contribution is -2.12. The number of ether oxygens (including phenoxy) is 1. The molecule has 0 aromatic heterocycles. The van der Waals surface area contributed by atoms with E-state index < -0.39 is 4.92 Å². The van der Waals surface area contributed by atoms with Crippen molar-refractivity contribution in [3.05, 3.63) is 33.9 Å². The van der Waals surface area contributed by atoms with Gasteiger partial charge in [-0.2, -0.15) is 0 Å². The average Bonchev–Trinajstić information content (AvgIpc) is 2.47. The highest BCUT2D eigenvalue weighted by Gasteiger charge is 2.17. The first-order valence-corrected chi connectivity index (χ1v) is 7.22. The van der Waals surface area contributed by atoms with Gasteiger partial charge in [0.1, 0.15) is 0 Å². The summed E-state index contributed by atoms with van der Waals surface area (Å²) in [6.07, 6.45) is 4.44. The topological polar surface area (TPSA) is 78.4 Å². The Labute approximate surface area is 120 Å². The monoisotopic (exact) mass is 280 g/mol. The van der Waals surface area contributed by atoms with Crippen LogP contribution in [0.15, 0.2) is 18.2 Å². The fourth-order valence-electron chi connectivity index (χ4n) is 2.06. The lowest BCUT2D eigenvalue weighted by molar-refractivity contribution is -0.386. The molecular weight excluding hydrogens is 256 g/mol. The summed E-state index contributed by atoms with van der Waals surface area (Å²) < 4.78 is 5.67. The van der Waals surface area contributed by atoms with E-state index in [9.17, 15) is 10.1 Å². The van der Waals surface area contributed by atoms with Crippen molar-refractivity contribution in [3.8, 4) is 5.75 Å². The van der Waals surface area contributed by atoms with Gasteiger partial charge in [0.25, 0.3) is 0 Å². The molecule has 1 aromatic carbocycles. The van der Waals surface area contributed by atoms with Crippen LogP contribution >= 0.6 is 0 Å². The van der Waals surface area contributed by atoms with Gasteiger partial charge in [-0.05, 0) is 24.0 Å². The summed E-state index contributed by atoms with van der Waals surface area (Å²) in [6, 6.07) is 4.91. The van der Waals surface area contributed by atoms with Gasteiger partial charge in [-0.15, -0.1) is 0 Å². The zero-order valence-corrected chi connectivity index (χ0v) is 12.3. The number of hydrogen-bond acceptors (Lipinski definition) is 4. The summed E-state index contributed by atoms with van der Waals surface area (Å²) in [5.41, 5.74) is 6.24. The molecule has 0 aliphatic heterocycles. The van der Waals surface area contributed by atoms with E-state index in [1.165, 1.54) is 6.07 Å². The van der Waals surface area contributed by atoms with E-state index in [0.717, 1.165) is 31.2 Å². The number of nitro groups is 1. The van der Waals surface area contributed by atoms with E-state index in [1.807, 2.05) is 0 Å². The SMILES string of the molecule is CCCCC(CC)COc1ccc(CN)cc1[N+](=O)[O-]. The summed E-state index contributed by atoms with van der Waals surface area (Å²) in [7, 11) is 0. The van der Waals surface area contributed by atoms with Crippen LogP contribution in [-0.4, -0.2) is 11.5 Å². The van der Waals surface area contributed by atoms with Crippen molar-refractivity contribution in [2.75, 3.05) is 6.61 Å². The maximum absolute atomic E-state index is 11.1. The molecule has 112 valence electrons. The van der Waals surface area contributed by atoms with E-state index in [4.69, 9.17) is 10.5 Å². The molecule has 0 fully saturated rings. The number of unbranched alkanes of at least 4 members (excludes halogenated alkanes) is 1. The second-order valence-corrected chi connectivity index (χ2v) is 4.99. The van der Waals surface area contributed by atoms with Crippen LogP contribution in [-0.2, 0) is 6.54 Å². The quantitative estimate of drug-likeness (QED) is 0.553. The van der Waals surface area contributed by atoms with Gasteiger partial charge in [-0.3, -0.25) is 10.1 Å². The summed E-state index contributed by atoms with van der Waals surface area (Å²) in [5.74, 6) is 0.783. The van der Waals surface area contributed by atoms with Crippen LogP contribution in [0.2, 0.25) is 0 Å². The Morgan fingerprint density at radius 2 is 2.15 bits per heavy atom. The summed E-state index contributed by atoms with van der Waals surface area (Å²) in [5, 5.41) is 11.1. The van der Waals surface area contributed by atoms with Crippen LogP contribution in [0.3, 0.4) is 0 Å². The third kappa shape index (κ3) is 4.81. The zero-order valence-electron chi connectivity index (χ0n) is 12.3. The highest BCUT2D eigenvalue weighted by atomic mass is 16.6. The molecule has 1 rings (SSSR count). The maximum atomic E-state index is 11.1. The number of nitrogens with zero attached hydrogens (tertiary/aromatic N) is 1. The van der Waals surface area contributed by atoms with E-state index in [1.54, 1.807) is 12.1 Å². The van der Waals surface area contributed by atoms with Crippen molar-refractivity contribution in [2.45, 2.75) is 46.1 Å². The Hall–Kier alpha value is -1.62. The number of rotatable bonds is 9. The summed E-state index contributed by atoms with van der Waals surface area (Å²) in [6.45, 7) is 5.09. The van der Waals surface area contributed by atoms with Gasteiger partial charge < -0.3 is 10.5 Å². The summed E-state index contributed by atoms with van der Waals surface area (Å²) in [4.78, 5) is 10.6. The van der Waals surface area contributed by atoms with Gasteiger partial charge in [0.2, 0.25) is 0 Å². The molecule has 0 amide bonds. The smallest absolute Gasteiger partial charge is 0.311 e. The predicted octanol–water partition coefficient (Wildman–Crippen LogP) is 3.65. The van der Waals surface area contributed by atoms with E-state index in [0.29, 0.717) is 18.3 Å². The molecule has 20 heavy (non-hydrogen) atoms. The first-order valence-electron chi connectivity index (χ1n) is 7.22. The van der Waals surface area contributed by atoms with Gasteiger partial charge in [-0.25, -0.2) is 0 Å². The maximum Gasteiger partial charge on any atom is 0.311 e. The predicted molar refractivity (Wildman–Crippen MR) is 79.8 cm³/mol. The van der Waals surface area contributed by atoms with Crippen LogP contribution in [0.5, 0.6) is 5.75 Å². The third-order valence-corrected chi connectivity index (χ3v) is 3.47.